The van der Waals surface area contributed by atoms with Crippen LogP contribution in [0.2, 0.25) is 5.02 Å². The lowest BCUT2D eigenvalue weighted by molar-refractivity contribution is 0.262. The number of aryl methyl sites for hydroxylation is 1. The Hall–Kier alpha value is -1.29. The first-order valence-corrected chi connectivity index (χ1v) is 5.24. The number of nitrogens with two attached hydrogens (primary N) is 1. The second-order valence-corrected chi connectivity index (χ2v) is 4.50. The molecule has 1 aromatic carbocycles. The van der Waals surface area contributed by atoms with Crippen LogP contribution in [0, 0.1) is 12.7 Å². The van der Waals surface area contributed by atoms with Gasteiger partial charge in [-0.2, -0.15) is 0 Å². The number of ether oxygens (including phenoxy) is 1. The van der Waals surface area contributed by atoms with Gasteiger partial charge in [-0.15, -0.1) is 0 Å². The summed E-state index contributed by atoms with van der Waals surface area (Å²) in [7, 11) is 0. The van der Waals surface area contributed by atoms with Crippen molar-refractivity contribution in [1.29, 1.82) is 0 Å². The maximum atomic E-state index is 13.8. The van der Waals surface area contributed by atoms with Crippen LogP contribution >= 0.6 is 11.6 Å². The third-order valence-electron chi connectivity index (χ3n) is 2.69. The molecular weight excluding hydrogens is 231 g/mol. The zero-order chi connectivity index (χ0) is 11.9. The highest BCUT2D eigenvalue weighted by atomic mass is 35.5. The average Bonchev–Trinajstić information content (AvgIpc) is 2.53. The summed E-state index contributed by atoms with van der Waals surface area (Å²) in [5.41, 5.74) is 5.94. The predicted molar refractivity (Wildman–Crippen MR) is 61.1 cm³/mol. The summed E-state index contributed by atoms with van der Waals surface area (Å²) in [6.07, 6.45) is 0. The van der Waals surface area contributed by atoms with Gasteiger partial charge in [0.05, 0.1) is 0 Å². The molecule has 1 aliphatic rings. The molecule has 0 spiro atoms. The van der Waals surface area contributed by atoms with E-state index in [0.29, 0.717) is 10.6 Å². The molecule has 86 valence electrons. The first-order valence-electron chi connectivity index (χ1n) is 4.86. The molecule has 16 heavy (non-hydrogen) atoms. The summed E-state index contributed by atoms with van der Waals surface area (Å²) >= 11 is 5.83. The van der Waals surface area contributed by atoms with Gasteiger partial charge in [0.15, 0.2) is 0 Å². The highest BCUT2D eigenvalue weighted by Crippen LogP contribution is 2.33. The summed E-state index contributed by atoms with van der Waals surface area (Å²) in [6.45, 7) is 3.84. The minimum Gasteiger partial charge on any atom is -0.462 e. The van der Waals surface area contributed by atoms with Crippen molar-refractivity contribution in [2.75, 3.05) is 6.61 Å². The highest BCUT2D eigenvalue weighted by molar-refractivity contribution is 6.31. The van der Waals surface area contributed by atoms with Gasteiger partial charge in [0.1, 0.15) is 18.0 Å². The van der Waals surface area contributed by atoms with Crippen LogP contribution in [0.15, 0.2) is 17.1 Å². The van der Waals surface area contributed by atoms with Crippen molar-refractivity contribution in [1.82, 2.24) is 0 Å². The molecule has 0 aromatic heterocycles. The van der Waals surface area contributed by atoms with Crippen molar-refractivity contribution < 1.29 is 9.13 Å². The number of amidine groups is 1. The fourth-order valence-electron chi connectivity index (χ4n) is 1.73. The summed E-state index contributed by atoms with van der Waals surface area (Å²) in [5.74, 6) is -0.389. The highest BCUT2D eigenvalue weighted by Gasteiger charge is 2.35. The van der Waals surface area contributed by atoms with Crippen LogP contribution in [0.25, 0.3) is 0 Å². The SMILES string of the molecule is Cc1cc([C@]2(C)COC(N)=N2)c(F)cc1Cl. The standard InChI is InChI=1S/C11H12ClFN2O/c1-6-3-7(9(13)4-8(6)12)11(2)5-16-10(14)15-11/h3-4H,5H2,1-2H3,(H2,14,15)/t11-/m0/s1. The number of aliphatic imine (C=N–C) groups is 1. The number of hydrogen-bond acceptors (Lipinski definition) is 3. The molecule has 0 saturated carbocycles. The van der Waals surface area contributed by atoms with Gasteiger partial charge in [0, 0.05) is 10.6 Å². The molecule has 1 aromatic rings. The molecule has 1 aliphatic heterocycles. The molecule has 5 heteroatoms. The molecule has 0 aliphatic carbocycles. The van der Waals surface area contributed by atoms with Crippen LogP contribution in [0.3, 0.4) is 0 Å². The molecule has 1 heterocycles. The lowest BCUT2D eigenvalue weighted by atomic mass is 9.92. The Kier molecular flexibility index (Phi) is 2.54. The quantitative estimate of drug-likeness (QED) is 0.822. The van der Waals surface area contributed by atoms with Crippen LogP contribution < -0.4 is 5.73 Å². The number of rotatable bonds is 1. The largest absolute Gasteiger partial charge is 0.462 e. The minimum atomic E-state index is -0.760. The van der Waals surface area contributed by atoms with E-state index in [1.54, 1.807) is 13.0 Å². The zero-order valence-corrected chi connectivity index (χ0v) is 9.81. The molecule has 3 nitrogen and oxygen atoms in total. The molecule has 2 rings (SSSR count). The van der Waals surface area contributed by atoms with Gasteiger partial charge in [0.2, 0.25) is 0 Å². The molecule has 0 radical (unpaired) electrons. The van der Waals surface area contributed by atoms with E-state index >= 15 is 0 Å². The molecule has 0 fully saturated rings. The monoisotopic (exact) mass is 242 g/mol. The first-order chi connectivity index (χ1) is 7.42. The van der Waals surface area contributed by atoms with E-state index < -0.39 is 5.54 Å². The second kappa shape index (κ2) is 3.63. The second-order valence-electron chi connectivity index (χ2n) is 4.09. The summed E-state index contributed by atoms with van der Waals surface area (Å²) in [5, 5.41) is 0.403. The van der Waals surface area contributed by atoms with E-state index in [2.05, 4.69) is 4.99 Å². The van der Waals surface area contributed by atoms with Crippen molar-refractivity contribution in [3.63, 3.8) is 0 Å². The number of hydrogen-bond donors (Lipinski definition) is 1. The van der Waals surface area contributed by atoms with Crippen molar-refractivity contribution in [2.45, 2.75) is 19.4 Å². The van der Waals surface area contributed by atoms with Gasteiger partial charge in [-0.25, -0.2) is 9.38 Å². The van der Waals surface area contributed by atoms with Gasteiger partial charge in [-0.3, -0.25) is 0 Å². The van der Waals surface area contributed by atoms with Crippen molar-refractivity contribution in [2.24, 2.45) is 10.7 Å². The van der Waals surface area contributed by atoms with Crippen LogP contribution in [-0.4, -0.2) is 12.6 Å². The fourth-order valence-corrected chi connectivity index (χ4v) is 1.88. The Labute approximate surface area is 98.1 Å². The van der Waals surface area contributed by atoms with Gasteiger partial charge >= 0.3 is 0 Å². The lowest BCUT2D eigenvalue weighted by Crippen LogP contribution is -2.22. The van der Waals surface area contributed by atoms with Crippen molar-refractivity contribution in [3.05, 3.63) is 34.1 Å². The van der Waals surface area contributed by atoms with Crippen LogP contribution in [0.5, 0.6) is 0 Å². The average molecular weight is 243 g/mol. The number of benzene rings is 1. The van der Waals surface area contributed by atoms with E-state index in [-0.39, 0.29) is 18.4 Å². The van der Waals surface area contributed by atoms with E-state index in [4.69, 9.17) is 22.1 Å². The third-order valence-corrected chi connectivity index (χ3v) is 3.09. The summed E-state index contributed by atoms with van der Waals surface area (Å²) in [6, 6.07) is 3.07. The molecular formula is C11H12ClFN2O. The van der Waals surface area contributed by atoms with Gasteiger partial charge in [0.25, 0.3) is 6.02 Å². The topological polar surface area (TPSA) is 47.6 Å². The molecule has 0 unspecified atom stereocenters. The maximum absolute atomic E-state index is 13.8. The Morgan fingerprint density at radius 2 is 2.25 bits per heavy atom. The molecule has 0 bridgehead atoms. The van der Waals surface area contributed by atoms with E-state index in [1.807, 2.05) is 6.92 Å². The third kappa shape index (κ3) is 1.73. The van der Waals surface area contributed by atoms with E-state index in [9.17, 15) is 4.39 Å². The van der Waals surface area contributed by atoms with Gasteiger partial charge < -0.3 is 10.5 Å². The Morgan fingerprint density at radius 3 is 2.81 bits per heavy atom. The Bertz CT molecular complexity index is 475. The fraction of sp³-hybridized carbons (Fsp3) is 0.364. The van der Waals surface area contributed by atoms with E-state index in [0.717, 1.165) is 5.56 Å². The Balaban J connectivity index is 2.53. The number of nitrogens with zero attached hydrogens (tertiary/aromatic N) is 1. The minimum absolute atomic E-state index is 0.0921. The van der Waals surface area contributed by atoms with Gasteiger partial charge in [-0.1, -0.05) is 11.6 Å². The maximum Gasteiger partial charge on any atom is 0.283 e. The van der Waals surface area contributed by atoms with Crippen LogP contribution in [0.4, 0.5) is 4.39 Å². The smallest absolute Gasteiger partial charge is 0.283 e. The van der Waals surface area contributed by atoms with E-state index in [1.165, 1.54) is 6.07 Å². The summed E-state index contributed by atoms with van der Waals surface area (Å²) in [4.78, 5) is 4.11. The van der Waals surface area contributed by atoms with Crippen LogP contribution in [-0.2, 0) is 10.3 Å². The molecule has 0 amide bonds. The molecule has 2 N–H and O–H groups in total. The van der Waals surface area contributed by atoms with Gasteiger partial charge in [-0.05, 0) is 31.5 Å². The van der Waals surface area contributed by atoms with Crippen molar-refractivity contribution >= 4 is 17.6 Å². The number of halogens is 2. The lowest BCUT2D eigenvalue weighted by Gasteiger charge is -2.20. The van der Waals surface area contributed by atoms with Crippen LogP contribution in [0.1, 0.15) is 18.1 Å². The predicted octanol–water partition coefficient (Wildman–Crippen LogP) is 2.35. The first kappa shape index (κ1) is 11.2. The molecule has 1 atom stereocenters. The van der Waals surface area contributed by atoms with Crippen molar-refractivity contribution in [3.8, 4) is 0 Å². The zero-order valence-electron chi connectivity index (χ0n) is 9.05. The normalized spacial score (nSPS) is 24.1. The molecule has 0 saturated heterocycles. The summed E-state index contributed by atoms with van der Waals surface area (Å²) < 4.78 is 18.9. The Morgan fingerprint density at radius 1 is 1.56 bits per heavy atom.